The molecule has 0 radical (unpaired) electrons. The molecule has 0 bridgehead atoms. The molecule has 0 saturated carbocycles. The summed E-state index contributed by atoms with van der Waals surface area (Å²) in [4.78, 5) is 47.7. The van der Waals surface area contributed by atoms with Crippen molar-refractivity contribution < 1.29 is 18.4 Å². The first-order valence-corrected chi connectivity index (χ1v) is 10.5. The molecule has 0 saturated heterocycles. The summed E-state index contributed by atoms with van der Waals surface area (Å²) in [7, 11) is 0. The van der Waals surface area contributed by atoms with Crippen LogP contribution in [0, 0.1) is 12.7 Å². The highest BCUT2D eigenvalue weighted by molar-refractivity contribution is 5.98. The molecule has 4 aromatic heterocycles. The predicted octanol–water partition coefficient (Wildman–Crippen LogP) is 1.87. The van der Waals surface area contributed by atoms with Crippen molar-refractivity contribution in [2.45, 2.75) is 20.0 Å². The number of pyridine rings is 1. The SMILES string of the molecule is Cc1cc(CNC(=O)c2cc(C(=O)NCc3ccc4oc(=O)[nH]c4c3)nc3c(F)cnn23)ccn1. The number of aryl methyl sites for hydroxylation is 1. The fourth-order valence-corrected chi connectivity index (χ4v) is 3.58. The summed E-state index contributed by atoms with van der Waals surface area (Å²) in [5, 5.41) is 9.29. The predicted molar refractivity (Wildman–Crippen MR) is 121 cm³/mol. The lowest BCUT2D eigenvalue weighted by Gasteiger charge is -2.10. The number of carbonyl (C=O) groups is 2. The van der Waals surface area contributed by atoms with Crippen LogP contribution in [-0.2, 0) is 13.1 Å². The zero-order valence-electron chi connectivity index (χ0n) is 18.3. The quantitative estimate of drug-likeness (QED) is 0.340. The molecule has 5 aromatic rings. The number of aromatic amines is 1. The number of carbonyl (C=O) groups excluding carboxylic acids is 2. The van der Waals surface area contributed by atoms with E-state index < -0.39 is 23.4 Å². The molecule has 5 rings (SSSR count). The van der Waals surface area contributed by atoms with E-state index in [9.17, 15) is 18.8 Å². The van der Waals surface area contributed by atoms with E-state index in [0.29, 0.717) is 16.7 Å². The van der Waals surface area contributed by atoms with Crippen LogP contribution in [0.2, 0.25) is 0 Å². The van der Waals surface area contributed by atoms with E-state index in [1.807, 2.05) is 13.0 Å². The minimum atomic E-state index is -0.771. The first-order valence-electron chi connectivity index (χ1n) is 10.5. The number of fused-ring (bicyclic) bond motifs is 2. The molecule has 0 fully saturated rings. The van der Waals surface area contributed by atoms with Crippen molar-refractivity contribution in [3.05, 3.63) is 93.4 Å². The van der Waals surface area contributed by atoms with Crippen molar-refractivity contribution >= 4 is 28.6 Å². The van der Waals surface area contributed by atoms with E-state index >= 15 is 0 Å². The minimum Gasteiger partial charge on any atom is -0.408 e. The van der Waals surface area contributed by atoms with Crippen LogP contribution in [0.4, 0.5) is 4.39 Å². The zero-order chi connectivity index (χ0) is 24.5. The second kappa shape index (κ2) is 8.82. The molecule has 12 heteroatoms. The molecule has 0 aliphatic rings. The Morgan fingerprint density at radius 1 is 1.09 bits per heavy atom. The summed E-state index contributed by atoms with van der Waals surface area (Å²) >= 11 is 0. The highest BCUT2D eigenvalue weighted by Gasteiger charge is 2.20. The van der Waals surface area contributed by atoms with E-state index in [1.54, 1.807) is 30.5 Å². The third kappa shape index (κ3) is 4.49. The van der Waals surface area contributed by atoms with Crippen LogP contribution in [-0.4, -0.2) is 36.4 Å². The number of hydrogen-bond donors (Lipinski definition) is 3. The maximum atomic E-state index is 14.3. The summed E-state index contributed by atoms with van der Waals surface area (Å²) in [5.41, 5.74) is 2.75. The highest BCUT2D eigenvalue weighted by Crippen LogP contribution is 2.14. The maximum Gasteiger partial charge on any atom is 0.417 e. The maximum absolute atomic E-state index is 14.3. The lowest BCUT2D eigenvalue weighted by molar-refractivity contribution is 0.0942. The molecule has 1 aromatic carbocycles. The Hall–Kier alpha value is -4.87. The van der Waals surface area contributed by atoms with E-state index in [4.69, 9.17) is 4.42 Å². The van der Waals surface area contributed by atoms with Crippen molar-refractivity contribution in [2.24, 2.45) is 0 Å². The van der Waals surface area contributed by atoms with Crippen LogP contribution in [0.1, 0.15) is 37.8 Å². The van der Waals surface area contributed by atoms with Crippen molar-refractivity contribution in [3.63, 3.8) is 0 Å². The molecule has 176 valence electrons. The summed E-state index contributed by atoms with van der Waals surface area (Å²) < 4.78 is 20.3. The number of amides is 2. The Morgan fingerprint density at radius 2 is 1.86 bits per heavy atom. The summed E-state index contributed by atoms with van der Waals surface area (Å²) in [5.74, 6) is -2.52. The van der Waals surface area contributed by atoms with Gasteiger partial charge in [-0.3, -0.25) is 19.6 Å². The Morgan fingerprint density at radius 3 is 2.66 bits per heavy atom. The van der Waals surface area contributed by atoms with E-state index in [-0.39, 0.29) is 30.1 Å². The van der Waals surface area contributed by atoms with Gasteiger partial charge in [-0.25, -0.2) is 18.7 Å². The third-order valence-corrected chi connectivity index (χ3v) is 5.24. The molecule has 0 aliphatic heterocycles. The molecule has 11 nitrogen and oxygen atoms in total. The van der Waals surface area contributed by atoms with Gasteiger partial charge in [-0.2, -0.15) is 5.10 Å². The molecule has 2 amide bonds. The minimum absolute atomic E-state index is 0.0489. The lowest BCUT2D eigenvalue weighted by atomic mass is 10.2. The second-order valence-corrected chi connectivity index (χ2v) is 7.77. The molecule has 3 N–H and O–H groups in total. The standard InChI is InChI=1S/C23H18FN7O4/c1-12-6-14(4-5-25-12)10-27-22(33)18-8-17(29-20-15(24)11-28-31(18)20)21(32)26-9-13-2-3-19-16(7-13)30-23(34)35-19/h2-8,11H,9-10H2,1H3,(H,26,32)(H,27,33)(H,30,34). The molecule has 0 aliphatic carbocycles. The highest BCUT2D eigenvalue weighted by atomic mass is 19.1. The Bertz CT molecular complexity index is 1650. The van der Waals surface area contributed by atoms with Crippen LogP contribution in [0.3, 0.4) is 0 Å². The third-order valence-electron chi connectivity index (χ3n) is 5.24. The van der Waals surface area contributed by atoms with Gasteiger partial charge in [0.2, 0.25) is 0 Å². The van der Waals surface area contributed by atoms with Crippen LogP contribution in [0.15, 0.2) is 58.0 Å². The van der Waals surface area contributed by atoms with Gasteiger partial charge in [-0.15, -0.1) is 0 Å². The van der Waals surface area contributed by atoms with Gasteiger partial charge in [-0.1, -0.05) is 6.07 Å². The summed E-state index contributed by atoms with van der Waals surface area (Å²) in [6.45, 7) is 2.14. The smallest absolute Gasteiger partial charge is 0.408 e. The van der Waals surface area contributed by atoms with Crippen molar-refractivity contribution in [3.8, 4) is 0 Å². The average Bonchev–Trinajstić information content (AvgIpc) is 3.41. The number of H-pyrrole nitrogens is 1. The van der Waals surface area contributed by atoms with Gasteiger partial charge in [0, 0.05) is 31.0 Å². The van der Waals surface area contributed by atoms with E-state index in [0.717, 1.165) is 22.0 Å². The average molecular weight is 475 g/mol. The number of halogens is 1. The van der Waals surface area contributed by atoms with E-state index in [1.165, 1.54) is 6.07 Å². The van der Waals surface area contributed by atoms with Crippen molar-refractivity contribution in [1.29, 1.82) is 0 Å². The Balaban J connectivity index is 1.37. The zero-order valence-corrected chi connectivity index (χ0v) is 18.3. The van der Waals surface area contributed by atoms with Crippen molar-refractivity contribution in [1.82, 2.24) is 35.2 Å². The topological polar surface area (TPSA) is 147 Å². The van der Waals surface area contributed by atoms with Crippen LogP contribution in [0.25, 0.3) is 16.7 Å². The molecule has 0 unspecified atom stereocenters. The van der Waals surface area contributed by atoms with Gasteiger partial charge < -0.3 is 15.1 Å². The summed E-state index contributed by atoms with van der Waals surface area (Å²) in [6.07, 6.45) is 2.56. The molecular formula is C23H18FN7O4. The Labute approximate surface area is 196 Å². The fourth-order valence-electron chi connectivity index (χ4n) is 3.58. The fraction of sp³-hybridized carbons (Fsp3) is 0.130. The van der Waals surface area contributed by atoms with Gasteiger partial charge in [0.05, 0.1) is 11.7 Å². The lowest BCUT2D eigenvalue weighted by Crippen LogP contribution is -2.28. The first kappa shape index (κ1) is 21.9. The van der Waals surface area contributed by atoms with Crippen LogP contribution >= 0.6 is 0 Å². The molecular weight excluding hydrogens is 457 g/mol. The molecule has 35 heavy (non-hydrogen) atoms. The number of benzene rings is 1. The first-order chi connectivity index (χ1) is 16.9. The number of nitrogens with one attached hydrogen (secondary N) is 3. The number of aromatic nitrogens is 5. The Kier molecular flexibility index (Phi) is 5.53. The van der Waals surface area contributed by atoms with Crippen LogP contribution in [0.5, 0.6) is 0 Å². The van der Waals surface area contributed by atoms with Crippen LogP contribution < -0.4 is 16.4 Å². The number of hydrogen-bond acceptors (Lipinski definition) is 7. The normalized spacial score (nSPS) is 11.1. The summed E-state index contributed by atoms with van der Waals surface area (Å²) in [6, 6.07) is 9.79. The molecule has 0 atom stereocenters. The largest absolute Gasteiger partial charge is 0.417 e. The van der Waals surface area contributed by atoms with Gasteiger partial charge in [0.25, 0.3) is 11.8 Å². The van der Waals surface area contributed by atoms with Gasteiger partial charge >= 0.3 is 5.76 Å². The van der Waals surface area contributed by atoms with Crippen molar-refractivity contribution in [2.75, 3.05) is 0 Å². The second-order valence-electron chi connectivity index (χ2n) is 7.77. The van der Waals surface area contributed by atoms with E-state index in [2.05, 4.69) is 30.7 Å². The molecule has 4 heterocycles. The van der Waals surface area contributed by atoms with Gasteiger partial charge in [0.15, 0.2) is 17.0 Å². The molecule has 0 spiro atoms. The monoisotopic (exact) mass is 475 g/mol. The van der Waals surface area contributed by atoms with Gasteiger partial charge in [-0.05, 0) is 42.3 Å². The number of oxazole rings is 1. The number of nitrogens with zero attached hydrogens (tertiary/aromatic N) is 4. The number of rotatable bonds is 6. The van der Waals surface area contributed by atoms with Gasteiger partial charge in [0.1, 0.15) is 11.4 Å².